The zero-order valence-corrected chi connectivity index (χ0v) is 23.1. The Hall–Kier alpha value is -2.45. The maximum Gasteiger partial charge on any atom is 0.323 e. The van der Waals surface area contributed by atoms with Gasteiger partial charge in [0.1, 0.15) is 12.6 Å². The molecule has 2 heterocycles. The second-order valence-electron chi connectivity index (χ2n) is 8.23. The largest absolute Gasteiger partial charge is 0.480 e. The number of thioether (sulfide) groups is 1. The quantitative estimate of drug-likeness (QED) is 0.286. The van der Waals surface area contributed by atoms with Gasteiger partial charge in [0.2, 0.25) is 5.91 Å². The van der Waals surface area contributed by atoms with Crippen molar-refractivity contribution in [2.45, 2.75) is 37.1 Å². The molecule has 1 amide bonds. The molecule has 3 atom stereocenters. The number of nitrogens with zero attached hydrogens (tertiary/aromatic N) is 1. The van der Waals surface area contributed by atoms with Gasteiger partial charge in [0.25, 0.3) is 10.1 Å². The second-order valence-corrected chi connectivity index (χ2v) is 11.9. The molecule has 0 radical (unpaired) electrons. The molecule has 2 aromatic rings. The first kappa shape index (κ1) is 30.8. The summed E-state index contributed by atoms with van der Waals surface area (Å²) in [4.78, 5) is 39.7. The van der Waals surface area contributed by atoms with Gasteiger partial charge in [-0.1, -0.05) is 36.4 Å². The van der Waals surface area contributed by atoms with Gasteiger partial charge in [0.15, 0.2) is 0 Å². The summed E-state index contributed by atoms with van der Waals surface area (Å²) in [6, 6.07) is 12.4. The molecule has 1 aliphatic rings. The standard InChI is InChI=1S/C23H28N2O5S2.CH4O3S/c1-2-30-23(29)17(11-10-16-7-4-3-5-8-16)24-18-15-32-20(19-9-6-12-31-19)13-25(22(18)28)14-21(26)27;1-5(2,3)4/h3-9,12,17-18,20,24H,2,10-11,13-15H2,1H3,(H,26,27);1H3,(H,2,3,4)/t17-,18-,20-;/m0./s1. The molecule has 0 bridgehead atoms. The Bertz CT molecular complexity index is 1100. The van der Waals surface area contributed by atoms with Crippen molar-refractivity contribution < 1.29 is 37.2 Å². The number of thiophene rings is 1. The minimum absolute atomic E-state index is 0.00420. The van der Waals surface area contributed by atoms with Gasteiger partial charge in [-0.05, 0) is 36.8 Å². The third-order valence-corrected chi connectivity index (χ3v) is 7.65. The molecule has 1 aromatic heterocycles. The fourth-order valence-corrected chi connectivity index (χ4v) is 5.89. The van der Waals surface area contributed by atoms with Crippen molar-refractivity contribution in [1.82, 2.24) is 10.2 Å². The van der Waals surface area contributed by atoms with E-state index in [2.05, 4.69) is 5.32 Å². The molecule has 3 N–H and O–H groups in total. The first-order chi connectivity index (χ1) is 17.5. The average Bonchev–Trinajstić information content (AvgIpc) is 3.31. The van der Waals surface area contributed by atoms with E-state index in [0.29, 0.717) is 31.4 Å². The normalized spacial score (nSPS) is 18.8. The molecule has 1 fully saturated rings. The van der Waals surface area contributed by atoms with Crippen LogP contribution < -0.4 is 5.32 Å². The van der Waals surface area contributed by atoms with Gasteiger partial charge in [0.05, 0.1) is 24.2 Å². The van der Waals surface area contributed by atoms with Crippen LogP contribution in [-0.4, -0.2) is 84.6 Å². The Labute approximate surface area is 225 Å². The summed E-state index contributed by atoms with van der Waals surface area (Å²) in [5.74, 6) is -1.31. The van der Waals surface area contributed by atoms with Crippen LogP contribution in [0.25, 0.3) is 0 Å². The highest BCUT2D eigenvalue weighted by atomic mass is 32.2. The molecule has 0 saturated carbocycles. The molecule has 1 saturated heterocycles. The van der Waals surface area contributed by atoms with E-state index >= 15 is 0 Å². The van der Waals surface area contributed by atoms with Crippen LogP contribution >= 0.6 is 23.1 Å². The van der Waals surface area contributed by atoms with E-state index in [1.165, 1.54) is 4.90 Å². The summed E-state index contributed by atoms with van der Waals surface area (Å²) in [6.07, 6.45) is 1.85. The number of carbonyl (C=O) groups excluding carboxylic acids is 2. The number of aliphatic carboxylic acids is 1. The SMILES string of the molecule is CCOC(=O)[C@H](CCc1ccccc1)N[C@H]1CS[C@H](c2cccs2)CN(CC(=O)O)C1=O.CS(=O)(=O)O. The van der Waals surface area contributed by atoms with Crippen molar-refractivity contribution in [3.8, 4) is 0 Å². The van der Waals surface area contributed by atoms with Crippen molar-refractivity contribution >= 4 is 51.1 Å². The number of amides is 1. The number of rotatable bonds is 10. The molecule has 204 valence electrons. The summed E-state index contributed by atoms with van der Waals surface area (Å²) in [5.41, 5.74) is 1.09. The maximum absolute atomic E-state index is 13.2. The lowest BCUT2D eigenvalue weighted by atomic mass is 10.0. The highest BCUT2D eigenvalue weighted by molar-refractivity contribution is 7.99. The summed E-state index contributed by atoms with van der Waals surface area (Å²) >= 11 is 3.20. The number of benzene rings is 1. The molecule has 1 aromatic carbocycles. The minimum atomic E-state index is -3.67. The third-order valence-electron chi connectivity index (χ3n) is 5.18. The highest BCUT2D eigenvalue weighted by Gasteiger charge is 2.36. The fourth-order valence-electron chi connectivity index (χ4n) is 3.63. The molecule has 3 rings (SSSR count). The van der Waals surface area contributed by atoms with Gasteiger partial charge >= 0.3 is 11.9 Å². The lowest BCUT2D eigenvalue weighted by molar-refractivity contribution is -0.148. The Morgan fingerprint density at radius 1 is 1.22 bits per heavy atom. The Balaban J connectivity index is 0.000000877. The Morgan fingerprint density at radius 3 is 2.46 bits per heavy atom. The van der Waals surface area contributed by atoms with E-state index in [-0.39, 0.29) is 24.3 Å². The lowest BCUT2D eigenvalue weighted by Crippen LogP contribution is -2.53. The summed E-state index contributed by atoms with van der Waals surface area (Å²) in [7, 11) is -3.67. The molecular weight excluding hydrogens is 540 g/mol. The molecule has 0 unspecified atom stereocenters. The van der Waals surface area contributed by atoms with Crippen molar-refractivity contribution in [2.24, 2.45) is 0 Å². The van der Waals surface area contributed by atoms with Gasteiger partial charge < -0.3 is 14.7 Å². The molecule has 37 heavy (non-hydrogen) atoms. The number of esters is 1. The second kappa shape index (κ2) is 15.1. The molecule has 1 aliphatic heterocycles. The Kier molecular flexibility index (Phi) is 12.5. The van der Waals surface area contributed by atoms with Crippen LogP contribution in [-0.2, 0) is 35.7 Å². The smallest absolute Gasteiger partial charge is 0.323 e. The first-order valence-corrected chi connectivity index (χ1v) is 15.3. The zero-order chi connectivity index (χ0) is 27.4. The fraction of sp³-hybridized carbons (Fsp3) is 0.458. The molecule has 0 aliphatic carbocycles. The minimum Gasteiger partial charge on any atom is -0.480 e. The van der Waals surface area contributed by atoms with Crippen LogP contribution in [0.1, 0.15) is 29.0 Å². The number of nitrogens with one attached hydrogen (secondary N) is 1. The maximum atomic E-state index is 13.2. The van der Waals surface area contributed by atoms with E-state index < -0.39 is 34.1 Å². The van der Waals surface area contributed by atoms with Crippen LogP contribution in [0.4, 0.5) is 0 Å². The predicted octanol–water partition coefficient (Wildman–Crippen LogP) is 2.48. The molecule has 0 spiro atoms. The number of carboxylic acid groups (broad SMARTS) is 1. The van der Waals surface area contributed by atoms with Gasteiger partial charge in [-0.25, -0.2) is 0 Å². The third kappa shape index (κ3) is 11.6. The van der Waals surface area contributed by atoms with E-state index in [4.69, 9.17) is 9.29 Å². The number of hydrogen-bond donors (Lipinski definition) is 3. The summed E-state index contributed by atoms with van der Waals surface area (Å²) in [5, 5.41) is 14.5. The van der Waals surface area contributed by atoms with Gasteiger partial charge in [0, 0.05) is 17.2 Å². The number of carbonyl (C=O) groups is 3. The number of carboxylic acids is 1. The van der Waals surface area contributed by atoms with Crippen molar-refractivity contribution in [3.63, 3.8) is 0 Å². The van der Waals surface area contributed by atoms with Crippen LogP contribution in [0.2, 0.25) is 0 Å². The van der Waals surface area contributed by atoms with Gasteiger partial charge in [-0.2, -0.15) is 8.42 Å². The zero-order valence-electron chi connectivity index (χ0n) is 20.6. The topological polar surface area (TPSA) is 150 Å². The summed E-state index contributed by atoms with van der Waals surface area (Å²) in [6.45, 7) is 1.95. The van der Waals surface area contributed by atoms with E-state index in [9.17, 15) is 27.9 Å². The molecular formula is C24H32N2O8S3. The average molecular weight is 573 g/mol. The first-order valence-electron chi connectivity index (χ1n) is 11.5. The predicted molar refractivity (Wildman–Crippen MR) is 143 cm³/mol. The van der Waals surface area contributed by atoms with Crippen LogP contribution in [0.15, 0.2) is 47.8 Å². The summed E-state index contributed by atoms with van der Waals surface area (Å²) < 4.78 is 31.1. The van der Waals surface area contributed by atoms with Crippen LogP contribution in [0.5, 0.6) is 0 Å². The van der Waals surface area contributed by atoms with Gasteiger partial charge in [-0.3, -0.25) is 24.3 Å². The highest BCUT2D eigenvalue weighted by Crippen LogP contribution is 2.35. The monoisotopic (exact) mass is 572 g/mol. The van der Waals surface area contributed by atoms with E-state index in [1.54, 1.807) is 30.0 Å². The number of aryl methyl sites for hydroxylation is 1. The lowest BCUT2D eigenvalue weighted by Gasteiger charge is -2.26. The van der Waals surface area contributed by atoms with E-state index in [1.807, 2.05) is 47.8 Å². The number of hydrogen-bond acceptors (Lipinski definition) is 9. The van der Waals surface area contributed by atoms with Crippen LogP contribution in [0, 0.1) is 0 Å². The van der Waals surface area contributed by atoms with E-state index in [0.717, 1.165) is 10.4 Å². The number of ether oxygens (including phenoxy) is 1. The van der Waals surface area contributed by atoms with Crippen molar-refractivity contribution in [1.29, 1.82) is 0 Å². The Morgan fingerprint density at radius 2 is 1.89 bits per heavy atom. The van der Waals surface area contributed by atoms with Crippen LogP contribution in [0.3, 0.4) is 0 Å². The van der Waals surface area contributed by atoms with Crippen molar-refractivity contribution in [3.05, 3.63) is 58.3 Å². The van der Waals surface area contributed by atoms with Gasteiger partial charge in [-0.15, -0.1) is 23.1 Å². The van der Waals surface area contributed by atoms with Crippen molar-refractivity contribution in [2.75, 3.05) is 31.7 Å². The molecule has 13 heteroatoms. The molecule has 10 nitrogen and oxygen atoms in total.